The van der Waals surface area contributed by atoms with Crippen LogP contribution in [-0.4, -0.2) is 80.1 Å². The van der Waals surface area contributed by atoms with Crippen molar-refractivity contribution in [1.82, 2.24) is 0 Å². The Kier molecular flexibility index (Phi) is 11.4. The van der Waals surface area contributed by atoms with Crippen molar-refractivity contribution in [3.8, 4) is 0 Å². The van der Waals surface area contributed by atoms with Crippen LogP contribution in [0.2, 0.25) is 0 Å². The van der Waals surface area contributed by atoms with Gasteiger partial charge in [0.25, 0.3) is 0 Å². The van der Waals surface area contributed by atoms with Gasteiger partial charge in [0, 0.05) is 5.57 Å². The topological polar surface area (TPSA) is 92.3 Å². The molecular formula is C41H50O10. The van der Waals surface area contributed by atoms with E-state index < -0.39 is 60.8 Å². The van der Waals surface area contributed by atoms with Crippen LogP contribution in [0.4, 0.5) is 0 Å². The number of benzene rings is 3. The summed E-state index contributed by atoms with van der Waals surface area (Å²) in [6.07, 6.45) is -2.68. The first kappa shape index (κ1) is 36.4. The minimum absolute atomic E-state index is 0.147. The minimum atomic E-state index is -0.821. The number of ether oxygens (including phenoxy) is 10. The monoisotopic (exact) mass is 702 g/mol. The van der Waals surface area contributed by atoms with Crippen LogP contribution in [-0.2, 0) is 67.2 Å². The molecule has 1 unspecified atom stereocenters. The van der Waals surface area contributed by atoms with E-state index in [1.165, 1.54) is 0 Å². The van der Waals surface area contributed by atoms with E-state index in [4.69, 9.17) is 47.4 Å². The van der Waals surface area contributed by atoms with Gasteiger partial charge in [-0.15, -0.1) is 0 Å². The van der Waals surface area contributed by atoms with Gasteiger partial charge in [0.05, 0.1) is 33.0 Å². The lowest BCUT2D eigenvalue weighted by Gasteiger charge is -2.44. The van der Waals surface area contributed by atoms with Crippen LogP contribution >= 0.6 is 0 Å². The normalized spacial score (nSPS) is 33.2. The number of allylic oxidation sites excluding steroid dienone is 1. The Bertz CT molecular complexity index is 1570. The third kappa shape index (κ3) is 8.80. The standard InChI is InChI=1S/C41H50O10/c1-6-30-33(43-23-28-18-12-8-13-19-28)34(44-24-29-20-14-9-15-21-29)31(25-42-22-27-16-10-7-11-17-27)46-38(30)45-26-32-35-36(49-40(2,3)48-35)37-39(47-32)51-41(4,5)50-37/h6-21,31-39H,22-26H2,1-5H3/b30-6+/t31-,32-,33-,34-,35+,36+,37-,38?,39-/m1/s1. The van der Waals surface area contributed by atoms with Crippen LogP contribution in [0, 0.1) is 0 Å². The molecule has 4 aliphatic heterocycles. The van der Waals surface area contributed by atoms with Crippen molar-refractivity contribution in [2.24, 2.45) is 0 Å². The molecule has 0 amide bonds. The van der Waals surface area contributed by atoms with Crippen molar-refractivity contribution in [3.63, 3.8) is 0 Å². The van der Waals surface area contributed by atoms with E-state index in [0.717, 1.165) is 22.3 Å². The summed E-state index contributed by atoms with van der Waals surface area (Å²) < 4.78 is 64.6. The summed E-state index contributed by atoms with van der Waals surface area (Å²) in [6.45, 7) is 11.1. The largest absolute Gasteiger partial charge is 0.374 e. The molecule has 10 heteroatoms. The molecule has 4 fully saturated rings. The molecule has 0 bridgehead atoms. The van der Waals surface area contributed by atoms with Gasteiger partial charge < -0.3 is 47.4 Å². The maximum atomic E-state index is 6.77. The number of hydrogen-bond donors (Lipinski definition) is 0. The Morgan fingerprint density at radius 2 is 1.12 bits per heavy atom. The van der Waals surface area contributed by atoms with Gasteiger partial charge in [-0.3, -0.25) is 0 Å². The maximum absolute atomic E-state index is 6.77. The number of hydrogen-bond acceptors (Lipinski definition) is 10. The van der Waals surface area contributed by atoms with Gasteiger partial charge in [0.2, 0.25) is 0 Å². The van der Waals surface area contributed by atoms with Gasteiger partial charge >= 0.3 is 0 Å². The molecule has 4 heterocycles. The number of fused-ring (bicyclic) bond motifs is 3. The molecule has 4 saturated heterocycles. The summed E-state index contributed by atoms with van der Waals surface area (Å²) >= 11 is 0. The van der Waals surface area contributed by atoms with Crippen molar-refractivity contribution >= 4 is 0 Å². The first-order valence-corrected chi connectivity index (χ1v) is 17.9. The molecule has 10 nitrogen and oxygen atoms in total. The lowest BCUT2D eigenvalue weighted by molar-refractivity contribution is -0.277. The van der Waals surface area contributed by atoms with E-state index in [-0.39, 0.29) is 19.3 Å². The molecule has 3 aromatic carbocycles. The predicted molar refractivity (Wildman–Crippen MR) is 187 cm³/mol. The fraction of sp³-hybridized carbons (Fsp3) is 0.512. The smallest absolute Gasteiger partial charge is 0.190 e. The predicted octanol–water partition coefficient (Wildman–Crippen LogP) is 6.46. The summed E-state index contributed by atoms with van der Waals surface area (Å²) in [5, 5.41) is 0. The fourth-order valence-corrected chi connectivity index (χ4v) is 7.19. The zero-order valence-corrected chi connectivity index (χ0v) is 30.1. The zero-order valence-electron chi connectivity index (χ0n) is 30.1. The van der Waals surface area contributed by atoms with Crippen LogP contribution in [0.3, 0.4) is 0 Å². The van der Waals surface area contributed by atoms with E-state index in [1.54, 1.807) is 0 Å². The molecule has 51 heavy (non-hydrogen) atoms. The van der Waals surface area contributed by atoms with E-state index in [1.807, 2.05) is 132 Å². The molecule has 4 aliphatic rings. The molecule has 0 aromatic heterocycles. The lowest BCUT2D eigenvalue weighted by Crippen LogP contribution is -2.58. The van der Waals surface area contributed by atoms with Gasteiger partial charge in [0.1, 0.15) is 42.7 Å². The molecule has 274 valence electrons. The summed E-state index contributed by atoms with van der Waals surface area (Å²) in [5.74, 6) is -1.64. The van der Waals surface area contributed by atoms with Gasteiger partial charge in [0.15, 0.2) is 24.2 Å². The Labute approximate surface area is 300 Å². The second-order valence-corrected chi connectivity index (χ2v) is 14.3. The van der Waals surface area contributed by atoms with Gasteiger partial charge in [-0.05, 0) is 51.3 Å². The molecular weight excluding hydrogens is 652 g/mol. The van der Waals surface area contributed by atoms with Crippen LogP contribution in [0.1, 0.15) is 51.3 Å². The fourth-order valence-electron chi connectivity index (χ4n) is 7.19. The van der Waals surface area contributed by atoms with Gasteiger partial charge in [-0.2, -0.15) is 0 Å². The first-order valence-electron chi connectivity index (χ1n) is 17.9. The highest BCUT2D eigenvalue weighted by Crippen LogP contribution is 2.44. The third-order valence-corrected chi connectivity index (χ3v) is 9.51. The highest BCUT2D eigenvalue weighted by atomic mass is 16.9. The summed E-state index contributed by atoms with van der Waals surface area (Å²) in [7, 11) is 0. The Morgan fingerprint density at radius 3 is 1.75 bits per heavy atom. The molecule has 0 spiro atoms. The maximum Gasteiger partial charge on any atom is 0.190 e. The van der Waals surface area contributed by atoms with Gasteiger partial charge in [-0.25, -0.2) is 0 Å². The molecule has 0 saturated carbocycles. The van der Waals surface area contributed by atoms with E-state index >= 15 is 0 Å². The average Bonchev–Trinajstić information content (AvgIpc) is 3.63. The SMILES string of the molecule is C/C=C1/C(OC[C@H]2O[C@@H]3OC(C)(C)O[C@@H]3[C@H]3OC(C)(C)O[C@H]32)O[C@H](COCc2ccccc2)[C@@H](OCc2ccccc2)[C@@H]1OCc1ccccc1. The summed E-state index contributed by atoms with van der Waals surface area (Å²) in [5.41, 5.74) is 3.99. The highest BCUT2D eigenvalue weighted by Gasteiger charge is 2.61. The second-order valence-electron chi connectivity index (χ2n) is 14.3. The molecule has 3 aromatic rings. The Morgan fingerprint density at radius 1 is 0.569 bits per heavy atom. The van der Waals surface area contributed by atoms with Crippen molar-refractivity contribution in [1.29, 1.82) is 0 Å². The van der Waals surface area contributed by atoms with E-state index in [2.05, 4.69) is 0 Å². The summed E-state index contributed by atoms with van der Waals surface area (Å²) in [6, 6.07) is 30.3. The number of rotatable bonds is 13. The molecule has 0 N–H and O–H groups in total. The van der Waals surface area contributed by atoms with Gasteiger partial charge in [-0.1, -0.05) is 97.1 Å². The summed E-state index contributed by atoms with van der Waals surface area (Å²) in [4.78, 5) is 0. The quantitative estimate of drug-likeness (QED) is 0.185. The van der Waals surface area contributed by atoms with Crippen molar-refractivity contribution in [2.75, 3.05) is 13.2 Å². The van der Waals surface area contributed by atoms with Crippen LogP contribution in [0.25, 0.3) is 0 Å². The first-order chi connectivity index (χ1) is 24.7. The lowest BCUT2D eigenvalue weighted by atomic mass is 9.95. The van der Waals surface area contributed by atoms with Crippen molar-refractivity contribution in [2.45, 2.75) is 121 Å². The zero-order chi connectivity index (χ0) is 35.4. The van der Waals surface area contributed by atoms with E-state index in [0.29, 0.717) is 19.8 Å². The van der Waals surface area contributed by atoms with Crippen molar-refractivity contribution in [3.05, 3.63) is 119 Å². The van der Waals surface area contributed by atoms with Crippen molar-refractivity contribution < 1.29 is 47.4 Å². The molecule has 7 rings (SSSR count). The Balaban J connectivity index is 1.13. The van der Waals surface area contributed by atoms with E-state index in [9.17, 15) is 0 Å². The average molecular weight is 703 g/mol. The highest BCUT2D eigenvalue weighted by molar-refractivity contribution is 5.20. The molecule has 0 radical (unpaired) electrons. The molecule has 9 atom stereocenters. The minimum Gasteiger partial charge on any atom is -0.374 e. The second kappa shape index (κ2) is 15.9. The third-order valence-electron chi connectivity index (χ3n) is 9.51. The van der Waals surface area contributed by atoms with Crippen LogP contribution in [0.15, 0.2) is 103 Å². The van der Waals surface area contributed by atoms with Crippen LogP contribution < -0.4 is 0 Å². The molecule has 0 aliphatic carbocycles. The Hall–Kier alpha value is -3.00. The van der Waals surface area contributed by atoms with Crippen LogP contribution in [0.5, 0.6) is 0 Å².